The van der Waals surface area contributed by atoms with Gasteiger partial charge in [0.2, 0.25) is 11.8 Å². The lowest BCUT2D eigenvalue weighted by atomic mass is 10.0. The summed E-state index contributed by atoms with van der Waals surface area (Å²) in [5, 5.41) is 5.16. The van der Waals surface area contributed by atoms with Crippen LogP contribution in [0.15, 0.2) is 58.3 Å². The molecular formula is C19H23N3O2S. The Kier molecular flexibility index (Phi) is 7.03. The van der Waals surface area contributed by atoms with E-state index in [4.69, 9.17) is 5.73 Å². The van der Waals surface area contributed by atoms with Crippen LogP contribution in [0.5, 0.6) is 0 Å². The summed E-state index contributed by atoms with van der Waals surface area (Å²) in [7, 11) is 0. The summed E-state index contributed by atoms with van der Waals surface area (Å²) >= 11 is 1.67. The van der Waals surface area contributed by atoms with E-state index >= 15 is 0 Å². The van der Waals surface area contributed by atoms with Crippen LogP contribution in [0.4, 0.5) is 5.69 Å². The third-order valence-corrected chi connectivity index (χ3v) is 4.57. The minimum absolute atomic E-state index is 0.0886. The number of amides is 2. The second kappa shape index (κ2) is 9.25. The maximum atomic E-state index is 11.7. The molecule has 6 heteroatoms. The Balaban J connectivity index is 1.89. The quantitative estimate of drug-likeness (QED) is 0.711. The molecule has 132 valence electrons. The van der Waals surface area contributed by atoms with Crippen LogP contribution in [-0.4, -0.2) is 24.9 Å². The summed E-state index contributed by atoms with van der Waals surface area (Å²) in [6, 6.07) is 16.1. The lowest BCUT2D eigenvalue weighted by Gasteiger charge is -2.08. The van der Waals surface area contributed by atoms with Crippen LogP contribution in [0, 0.1) is 0 Å². The summed E-state index contributed by atoms with van der Waals surface area (Å²) in [5.74, 6) is -0.117. The van der Waals surface area contributed by atoms with Gasteiger partial charge in [0.1, 0.15) is 0 Å². The highest BCUT2D eigenvalue weighted by molar-refractivity contribution is 7.99. The van der Waals surface area contributed by atoms with Crippen molar-refractivity contribution in [3.63, 3.8) is 0 Å². The van der Waals surface area contributed by atoms with Crippen LogP contribution in [-0.2, 0) is 9.59 Å². The number of carbonyl (C=O) groups excluding carboxylic acids is 2. The molecule has 25 heavy (non-hydrogen) atoms. The fourth-order valence-corrected chi connectivity index (χ4v) is 2.94. The van der Waals surface area contributed by atoms with Gasteiger partial charge in [-0.15, -0.1) is 0 Å². The topological polar surface area (TPSA) is 84.2 Å². The maximum absolute atomic E-state index is 11.7. The van der Waals surface area contributed by atoms with Crippen molar-refractivity contribution in [2.75, 3.05) is 18.4 Å². The predicted octanol–water partition coefficient (Wildman–Crippen LogP) is 2.97. The van der Waals surface area contributed by atoms with Crippen molar-refractivity contribution in [3.8, 4) is 0 Å². The lowest BCUT2D eigenvalue weighted by molar-refractivity contribution is -0.123. The molecule has 0 fully saturated rings. The Labute approximate surface area is 152 Å². The van der Waals surface area contributed by atoms with Gasteiger partial charge in [-0.25, -0.2) is 0 Å². The van der Waals surface area contributed by atoms with Crippen molar-refractivity contribution in [1.29, 1.82) is 0 Å². The van der Waals surface area contributed by atoms with E-state index in [-0.39, 0.29) is 24.9 Å². The molecule has 0 aliphatic heterocycles. The molecule has 0 unspecified atom stereocenters. The van der Waals surface area contributed by atoms with Gasteiger partial charge in [-0.05, 0) is 47.9 Å². The second-order valence-corrected chi connectivity index (χ2v) is 7.03. The Morgan fingerprint density at radius 2 is 1.52 bits per heavy atom. The summed E-state index contributed by atoms with van der Waals surface area (Å²) < 4.78 is 0. The molecule has 0 atom stereocenters. The van der Waals surface area contributed by atoms with Crippen molar-refractivity contribution in [2.45, 2.75) is 29.6 Å². The molecule has 0 aliphatic rings. The third kappa shape index (κ3) is 6.25. The summed E-state index contributed by atoms with van der Waals surface area (Å²) in [4.78, 5) is 25.0. The summed E-state index contributed by atoms with van der Waals surface area (Å²) in [6.07, 6.45) is 0. The van der Waals surface area contributed by atoms with Crippen LogP contribution in [0.3, 0.4) is 0 Å². The molecule has 4 N–H and O–H groups in total. The van der Waals surface area contributed by atoms with Gasteiger partial charge in [0.25, 0.3) is 0 Å². The number of nitrogens with two attached hydrogens (primary N) is 1. The zero-order chi connectivity index (χ0) is 18.2. The minimum atomic E-state index is -0.356. The Bertz CT molecular complexity index is 712. The van der Waals surface area contributed by atoms with Gasteiger partial charge in [-0.1, -0.05) is 37.7 Å². The molecule has 0 saturated heterocycles. The number of anilines is 1. The van der Waals surface area contributed by atoms with Crippen molar-refractivity contribution in [1.82, 2.24) is 5.32 Å². The lowest BCUT2D eigenvalue weighted by Crippen LogP contribution is -2.36. The van der Waals surface area contributed by atoms with Gasteiger partial charge < -0.3 is 16.4 Å². The standard InChI is InChI=1S/C19H23N3O2S/c1-13(2)14-3-7-16(8-4-14)25-17-9-5-15(6-10-17)22-19(24)12-21-18(23)11-20/h3-10,13H,11-12,20H2,1-2H3,(H,21,23)(H,22,24). The molecule has 2 aromatic carbocycles. The van der Waals surface area contributed by atoms with Gasteiger partial charge in [0.15, 0.2) is 0 Å². The molecule has 0 aromatic heterocycles. The van der Waals surface area contributed by atoms with E-state index < -0.39 is 0 Å². The number of benzene rings is 2. The van der Waals surface area contributed by atoms with E-state index in [0.29, 0.717) is 11.6 Å². The Morgan fingerprint density at radius 1 is 0.960 bits per heavy atom. The van der Waals surface area contributed by atoms with Crippen LogP contribution in [0.1, 0.15) is 25.3 Å². The number of hydrogen-bond acceptors (Lipinski definition) is 4. The zero-order valence-electron chi connectivity index (χ0n) is 14.4. The molecule has 0 bridgehead atoms. The van der Waals surface area contributed by atoms with Gasteiger partial charge in [-0.2, -0.15) is 0 Å². The first-order valence-corrected chi connectivity index (χ1v) is 8.94. The van der Waals surface area contributed by atoms with Crippen molar-refractivity contribution >= 4 is 29.3 Å². The van der Waals surface area contributed by atoms with E-state index in [0.717, 1.165) is 4.90 Å². The van der Waals surface area contributed by atoms with Crippen molar-refractivity contribution < 1.29 is 9.59 Å². The van der Waals surface area contributed by atoms with Crippen molar-refractivity contribution in [3.05, 3.63) is 54.1 Å². The smallest absolute Gasteiger partial charge is 0.243 e. The van der Waals surface area contributed by atoms with Crippen LogP contribution in [0.2, 0.25) is 0 Å². The average molecular weight is 357 g/mol. The highest BCUT2D eigenvalue weighted by Gasteiger charge is 2.05. The van der Waals surface area contributed by atoms with Gasteiger partial charge >= 0.3 is 0 Å². The molecular weight excluding hydrogens is 334 g/mol. The largest absolute Gasteiger partial charge is 0.346 e. The molecule has 0 saturated carbocycles. The number of rotatable bonds is 7. The van der Waals surface area contributed by atoms with E-state index in [1.165, 1.54) is 10.5 Å². The maximum Gasteiger partial charge on any atom is 0.243 e. The molecule has 0 radical (unpaired) electrons. The normalized spacial score (nSPS) is 10.6. The SMILES string of the molecule is CC(C)c1ccc(Sc2ccc(NC(=O)CNC(=O)CN)cc2)cc1. The third-order valence-electron chi connectivity index (χ3n) is 3.55. The summed E-state index contributed by atoms with van der Waals surface area (Å²) in [6.45, 7) is 4.14. The first-order valence-electron chi connectivity index (χ1n) is 8.12. The highest BCUT2D eigenvalue weighted by atomic mass is 32.2. The predicted molar refractivity (Wildman–Crippen MR) is 102 cm³/mol. The molecule has 0 aliphatic carbocycles. The van der Waals surface area contributed by atoms with E-state index in [1.54, 1.807) is 11.8 Å². The van der Waals surface area contributed by atoms with Gasteiger partial charge in [-0.3, -0.25) is 9.59 Å². The molecule has 2 amide bonds. The number of carbonyl (C=O) groups is 2. The number of nitrogens with one attached hydrogen (secondary N) is 2. The minimum Gasteiger partial charge on any atom is -0.346 e. The van der Waals surface area contributed by atoms with Crippen molar-refractivity contribution in [2.24, 2.45) is 5.73 Å². The second-order valence-electron chi connectivity index (χ2n) is 5.88. The average Bonchev–Trinajstić information content (AvgIpc) is 2.61. The van der Waals surface area contributed by atoms with Crippen LogP contribution >= 0.6 is 11.8 Å². The monoisotopic (exact) mass is 357 g/mol. The van der Waals surface area contributed by atoms with Gasteiger partial charge in [0.05, 0.1) is 13.1 Å². The highest BCUT2D eigenvalue weighted by Crippen LogP contribution is 2.29. The van der Waals surface area contributed by atoms with Crippen LogP contribution < -0.4 is 16.4 Å². The van der Waals surface area contributed by atoms with E-state index in [1.807, 2.05) is 24.3 Å². The molecule has 2 rings (SSSR count). The first kappa shape index (κ1) is 19.0. The Hall–Kier alpha value is -2.31. The number of hydrogen-bond donors (Lipinski definition) is 3. The molecule has 0 spiro atoms. The van der Waals surface area contributed by atoms with E-state index in [9.17, 15) is 9.59 Å². The molecule has 5 nitrogen and oxygen atoms in total. The van der Waals surface area contributed by atoms with Gasteiger partial charge in [0, 0.05) is 15.5 Å². The zero-order valence-corrected chi connectivity index (χ0v) is 15.2. The molecule has 2 aromatic rings. The fraction of sp³-hybridized carbons (Fsp3) is 0.263. The summed E-state index contributed by atoms with van der Waals surface area (Å²) in [5.41, 5.74) is 7.18. The molecule has 0 heterocycles. The first-order chi connectivity index (χ1) is 12.0. The van der Waals surface area contributed by atoms with Crippen LogP contribution in [0.25, 0.3) is 0 Å². The Morgan fingerprint density at radius 3 is 2.04 bits per heavy atom. The fourth-order valence-electron chi connectivity index (χ4n) is 2.12. The van der Waals surface area contributed by atoms with E-state index in [2.05, 4.69) is 48.7 Å².